The van der Waals surface area contributed by atoms with E-state index in [0.717, 1.165) is 5.69 Å². The van der Waals surface area contributed by atoms with E-state index in [1.54, 1.807) is 4.52 Å². The van der Waals surface area contributed by atoms with Gasteiger partial charge in [-0.3, -0.25) is 0 Å². The molecular formula is C7H5N5. The predicted octanol–water partition coefficient (Wildman–Crippen LogP) is 0.304. The standard InChI is InChI=1S/C7H5N5/c1-5-6(2-8)3-9-7-10-4-11-12(5)7/h3-4H,1H3. The number of aromatic nitrogens is 4. The Kier molecular flexibility index (Phi) is 1.27. The number of nitrogens with zero attached hydrogens (tertiary/aromatic N) is 5. The molecule has 0 unspecified atom stereocenters. The van der Waals surface area contributed by atoms with E-state index in [-0.39, 0.29) is 0 Å². The van der Waals surface area contributed by atoms with Gasteiger partial charge in [-0.15, -0.1) is 0 Å². The van der Waals surface area contributed by atoms with Crippen LogP contribution in [0.4, 0.5) is 0 Å². The topological polar surface area (TPSA) is 66.9 Å². The molecule has 0 aliphatic heterocycles. The quantitative estimate of drug-likeness (QED) is 0.554. The van der Waals surface area contributed by atoms with Crippen molar-refractivity contribution in [3.8, 4) is 6.07 Å². The van der Waals surface area contributed by atoms with Crippen LogP contribution >= 0.6 is 0 Å². The number of hydrogen-bond acceptors (Lipinski definition) is 4. The lowest BCUT2D eigenvalue weighted by atomic mass is 10.3. The molecule has 0 N–H and O–H groups in total. The first-order valence-corrected chi connectivity index (χ1v) is 3.38. The zero-order valence-corrected chi connectivity index (χ0v) is 6.39. The first kappa shape index (κ1) is 6.73. The van der Waals surface area contributed by atoms with Gasteiger partial charge in [0.15, 0.2) is 0 Å². The molecule has 0 radical (unpaired) electrons. The highest BCUT2D eigenvalue weighted by atomic mass is 15.3. The number of fused-ring (bicyclic) bond motifs is 1. The van der Waals surface area contributed by atoms with Crippen molar-refractivity contribution < 1.29 is 0 Å². The van der Waals surface area contributed by atoms with Gasteiger partial charge in [0.05, 0.1) is 17.5 Å². The number of hydrogen-bond donors (Lipinski definition) is 0. The van der Waals surface area contributed by atoms with Gasteiger partial charge in [-0.05, 0) is 6.92 Å². The van der Waals surface area contributed by atoms with E-state index in [2.05, 4.69) is 15.1 Å². The number of rotatable bonds is 0. The predicted molar refractivity (Wildman–Crippen MR) is 40.2 cm³/mol. The first-order valence-electron chi connectivity index (χ1n) is 3.38. The molecule has 0 amide bonds. The fourth-order valence-electron chi connectivity index (χ4n) is 1.000. The van der Waals surface area contributed by atoms with Crippen LogP contribution < -0.4 is 0 Å². The van der Waals surface area contributed by atoms with Gasteiger partial charge in [0.2, 0.25) is 0 Å². The monoisotopic (exact) mass is 159 g/mol. The van der Waals surface area contributed by atoms with Crippen LogP contribution in [0, 0.1) is 18.3 Å². The minimum Gasteiger partial charge on any atom is -0.218 e. The largest absolute Gasteiger partial charge is 0.252 e. The molecule has 0 saturated carbocycles. The molecular weight excluding hydrogens is 154 g/mol. The van der Waals surface area contributed by atoms with Crippen LogP contribution in [0.5, 0.6) is 0 Å². The van der Waals surface area contributed by atoms with Gasteiger partial charge in [-0.1, -0.05) is 0 Å². The fraction of sp³-hybridized carbons (Fsp3) is 0.143. The Hall–Kier alpha value is -1.96. The molecule has 0 aromatic carbocycles. The van der Waals surface area contributed by atoms with Crippen LogP contribution in [-0.2, 0) is 0 Å². The molecule has 2 heterocycles. The summed E-state index contributed by atoms with van der Waals surface area (Å²) in [5, 5.41) is 12.6. The lowest BCUT2D eigenvalue weighted by Crippen LogP contribution is -1.98. The Labute approximate surface area is 68.3 Å². The highest BCUT2D eigenvalue weighted by Crippen LogP contribution is 2.04. The summed E-state index contributed by atoms with van der Waals surface area (Å²) in [5.74, 6) is 0.520. The van der Waals surface area contributed by atoms with Crippen molar-refractivity contribution >= 4 is 5.78 Å². The van der Waals surface area contributed by atoms with E-state index in [1.165, 1.54) is 12.5 Å². The van der Waals surface area contributed by atoms with Crippen LogP contribution in [0.15, 0.2) is 12.5 Å². The smallest absolute Gasteiger partial charge is 0.218 e. The summed E-state index contributed by atoms with van der Waals surface area (Å²) < 4.78 is 1.54. The van der Waals surface area contributed by atoms with Crippen LogP contribution in [0.1, 0.15) is 11.3 Å². The minimum atomic E-state index is 0.520. The van der Waals surface area contributed by atoms with Crippen molar-refractivity contribution in [3.63, 3.8) is 0 Å². The molecule has 0 aliphatic carbocycles. The van der Waals surface area contributed by atoms with Crippen LogP contribution in [0.3, 0.4) is 0 Å². The summed E-state index contributed by atoms with van der Waals surface area (Å²) in [6.07, 6.45) is 2.91. The van der Waals surface area contributed by atoms with Crippen LogP contribution in [0.25, 0.3) is 5.78 Å². The maximum Gasteiger partial charge on any atom is 0.252 e. The van der Waals surface area contributed by atoms with E-state index in [9.17, 15) is 0 Å². The van der Waals surface area contributed by atoms with Gasteiger partial charge in [0, 0.05) is 0 Å². The van der Waals surface area contributed by atoms with Crippen molar-refractivity contribution in [1.29, 1.82) is 5.26 Å². The summed E-state index contributed by atoms with van der Waals surface area (Å²) in [7, 11) is 0. The molecule has 0 aliphatic rings. The van der Waals surface area contributed by atoms with Gasteiger partial charge in [0.25, 0.3) is 5.78 Å². The third kappa shape index (κ3) is 0.751. The van der Waals surface area contributed by atoms with Gasteiger partial charge >= 0.3 is 0 Å². The first-order chi connectivity index (χ1) is 5.83. The molecule has 5 nitrogen and oxygen atoms in total. The highest BCUT2D eigenvalue weighted by Gasteiger charge is 2.03. The highest BCUT2D eigenvalue weighted by molar-refractivity contribution is 5.37. The normalized spacial score (nSPS) is 10.0. The van der Waals surface area contributed by atoms with Crippen LogP contribution in [0.2, 0.25) is 0 Å². The molecule has 0 saturated heterocycles. The second-order valence-electron chi connectivity index (χ2n) is 2.34. The zero-order chi connectivity index (χ0) is 8.55. The summed E-state index contributed by atoms with van der Waals surface area (Å²) in [5.41, 5.74) is 1.29. The number of aryl methyl sites for hydroxylation is 1. The molecule has 0 atom stereocenters. The zero-order valence-electron chi connectivity index (χ0n) is 6.39. The van der Waals surface area contributed by atoms with Crippen molar-refractivity contribution in [2.75, 3.05) is 0 Å². The van der Waals surface area contributed by atoms with Gasteiger partial charge in [-0.25, -0.2) is 9.50 Å². The second kappa shape index (κ2) is 2.27. The molecule has 12 heavy (non-hydrogen) atoms. The van der Waals surface area contributed by atoms with E-state index in [0.29, 0.717) is 11.3 Å². The maximum atomic E-state index is 8.66. The Morgan fingerprint density at radius 2 is 2.33 bits per heavy atom. The molecule has 58 valence electrons. The Morgan fingerprint density at radius 3 is 3.08 bits per heavy atom. The van der Waals surface area contributed by atoms with E-state index < -0.39 is 0 Å². The summed E-state index contributed by atoms with van der Waals surface area (Å²) in [6, 6.07) is 2.03. The molecule has 0 bridgehead atoms. The summed E-state index contributed by atoms with van der Waals surface area (Å²) in [6.45, 7) is 1.81. The molecule has 0 spiro atoms. The Morgan fingerprint density at radius 1 is 1.50 bits per heavy atom. The van der Waals surface area contributed by atoms with E-state index >= 15 is 0 Å². The van der Waals surface area contributed by atoms with Crippen molar-refractivity contribution in [1.82, 2.24) is 19.6 Å². The maximum absolute atomic E-state index is 8.66. The third-order valence-corrected chi connectivity index (χ3v) is 1.67. The number of nitriles is 1. The average Bonchev–Trinajstić information content (AvgIpc) is 2.53. The second-order valence-corrected chi connectivity index (χ2v) is 2.34. The summed E-state index contributed by atoms with van der Waals surface area (Å²) >= 11 is 0. The Balaban J connectivity index is 2.89. The van der Waals surface area contributed by atoms with Crippen LogP contribution in [-0.4, -0.2) is 19.6 Å². The van der Waals surface area contributed by atoms with Crippen molar-refractivity contribution in [2.24, 2.45) is 0 Å². The lowest BCUT2D eigenvalue weighted by molar-refractivity contribution is 0.888. The van der Waals surface area contributed by atoms with E-state index in [1.807, 2.05) is 13.0 Å². The van der Waals surface area contributed by atoms with Crippen molar-refractivity contribution in [3.05, 3.63) is 23.8 Å². The SMILES string of the molecule is Cc1c(C#N)cnc2ncnn12. The van der Waals surface area contributed by atoms with Gasteiger partial charge < -0.3 is 0 Å². The molecule has 0 fully saturated rings. The van der Waals surface area contributed by atoms with E-state index in [4.69, 9.17) is 5.26 Å². The average molecular weight is 159 g/mol. The molecule has 2 rings (SSSR count). The Bertz CT molecular complexity index is 464. The van der Waals surface area contributed by atoms with Crippen molar-refractivity contribution in [2.45, 2.75) is 6.92 Å². The molecule has 2 aromatic heterocycles. The van der Waals surface area contributed by atoms with Gasteiger partial charge in [-0.2, -0.15) is 15.3 Å². The lowest BCUT2D eigenvalue weighted by Gasteiger charge is -1.97. The van der Waals surface area contributed by atoms with Gasteiger partial charge in [0.1, 0.15) is 12.4 Å². The summed E-state index contributed by atoms with van der Waals surface area (Å²) in [4.78, 5) is 7.83. The third-order valence-electron chi connectivity index (χ3n) is 1.67. The fourth-order valence-corrected chi connectivity index (χ4v) is 1.000. The molecule has 2 aromatic rings. The molecule has 5 heteroatoms. The minimum absolute atomic E-state index is 0.520.